The molecule has 0 radical (unpaired) electrons. The highest BCUT2D eigenvalue weighted by Crippen LogP contribution is 2.33. The fourth-order valence-electron chi connectivity index (χ4n) is 2.94. The van der Waals surface area contributed by atoms with Crippen molar-refractivity contribution >= 4 is 40.1 Å². The van der Waals surface area contributed by atoms with Gasteiger partial charge in [0.05, 0.1) is 23.1 Å². The van der Waals surface area contributed by atoms with Crippen molar-refractivity contribution in [2.24, 2.45) is 11.1 Å². The van der Waals surface area contributed by atoms with Crippen molar-refractivity contribution in [1.29, 1.82) is 0 Å². The number of alkyl halides is 3. The van der Waals surface area contributed by atoms with E-state index >= 15 is 0 Å². The van der Waals surface area contributed by atoms with E-state index in [2.05, 4.69) is 14.9 Å². The number of thiophene rings is 1. The molecule has 1 fully saturated rings. The Kier molecular flexibility index (Phi) is 5.54. The first-order valence-corrected chi connectivity index (χ1v) is 9.21. The summed E-state index contributed by atoms with van der Waals surface area (Å²) in [4.78, 5) is 30.0. The van der Waals surface area contributed by atoms with Gasteiger partial charge in [0.25, 0.3) is 0 Å². The second kappa shape index (κ2) is 7.71. The van der Waals surface area contributed by atoms with Gasteiger partial charge in [-0.1, -0.05) is 5.16 Å². The molecule has 0 unspecified atom stereocenters. The molecule has 0 amide bonds. The largest absolute Gasteiger partial charge is 0.466 e. The summed E-state index contributed by atoms with van der Waals surface area (Å²) in [5.41, 5.74) is -1.92. The lowest BCUT2D eigenvalue weighted by Crippen LogP contribution is -2.36. The third-order valence-corrected chi connectivity index (χ3v) is 5.38. The number of halogens is 3. The molecule has 3 heterocycles. The van der Waals surface area contributed by atoms with E-state index in [1.54, 1.807) is 19.1 Å². The van der Waals surface area contributed by atoms with E-state index in [-0.39, 0.29) is 11.9 Å². The summed E-state index contributed by atoms with van der Waals surface area (Å²) in [7, 11) is 0. The molecule has 27 heavy (non-hydrogen) atoms. The van der Waals surface area contributed by atoms with Gasteiger partial charge in [0.1, 0.15) is 0 Å². The van der Waals surface area contributed by atoms with Crippen LogP contribution in [0.1, 0.15) is 24.6 Å². The first kappa shape index (κ1) is 19.4. The number of esters is 1. The zero-order chi connectivity index (χ0) is 19.6. The average molecular weight is 402 g/mol. The Balaban J connectivity index is 1.68. The predicted molar refractivity (Wildman–Crippen MR) is 93.4 cm³/mol. The molecular weight excluding hydrogens is 385 g/mol. The molecule has 1 aromatic heterocycles. The summed E-state index contributed by atoms with van der Waals surface area (Å²) in [5.74, 6) is -1.43. The molecule has 146 valence electrons. The van der Waals surface area contributed by atoms with Crippen LogP contribution in [0.15, 0.2) is 22.9 Å². The zero-order valence-corrected chi connectivity index (χ0v) is 15.2. The fraction of sp³-hybridized carbons (Fsp3) is 0.471. The number of rotatable bonds is 4. The molecule has 0 N–H and O–H groups in total. The summed E-state index contributed by atoms with van der Waals surface area (Å²) < 4.78 is 43.7. The number of hydrogen-bond donors (Lipinski definition) is 0. The van der Waals surface area contributed by atoms with Crippen LogP contribution in [0.3, 0.4) is 0 Å². The quantitative estimate of drug-likeness (QED) is 0.439. The number of nitrogens with zero attached hydrogens (tertiary/aromatic N) is 2. The van der Waals surface area contributed by atoms with Crippen molar-refractivity contribution in [1.82, 2.24) is 0 Å². The van der Waals surface area contributed by atoms with Crippen molar-refractivity contribution in [3.05, 3.63) is 22.6 Å². The standard InChI is InChI=1S/C17H17F3N2O4S/c1-2-25-15(23)10-5-7-22(8-6-10)13-4-3-11(27-13)9-12-14(17(18,19)20)21-26-16(12)24/h3-4,9-10H,2,5-8H2,1H3. The number of hydrogen-bond acceptors (Lipinski definition) is 7. The highest BCUT2D eigenvalue weighted by atomic mass is 32.1. The van der Waals surface area contributed by atoms with Crippen LogP contribution in [0, 0.1) is 5.92 Å². The van der Waals surface area contributed by atoms with Crippen molar-refractivity contribution in [3.8, 4) is 0 Å². The first-order valence-electron chi connectivity index (χ1n) is 8.39. The zero-order valence-electron chi connectivity index (χ0n) is 14.4. The highest BCUT2D eigenvalue weighted by Gasteiger charge is 2.45. The molecular formula is C17H17F3N2O4S. The maximum Gasteiger partial charge on any atom is 0.437 e. The van der Waals surface area contributed by atoms with Gasteiger partial charge >= 0.3 is 18.1 Å². The average Bonchev–Trinajstić information content (AvgIpc) is 3.23. The van der Waals surface area contributed by atoms with Crippen LogP contribution in [-0.2, 0) is 19.2 Å². The maximum absolute atomic E-state index is 12.9. The Morgan fingerprint density at radius 1 is 1.41 bits per heavy atom. The molecule has 2 aliphatic rings. The second-order valence-electron chi connectivity index (χ2n) is 6.06. The van der Waals surface area contributed by atoms with Gasteiger partial charge in [-0.15, -0.1) is 11.3 Å². The minimum Gasteiger partial charge on any atom is -0.466 e. The number of oxime groups is 1. The molecule has 1 aromatic rings. The lowest BCUT2D eigenvalue weighted by molar-refractivity contribution is -0.148. The van der Waals surface area contributed by atoms with Gasteiger partial charge in [0.15, 0.2) is 5.71 Å². The van der Waals surface area contributed by atoms with E-state index in [4.69, 9.17) is 4.74 Å². The van der Waals surface area contributed by atoms with Gasteiger partial charge in [-0.3, -0.25) is 4.79 Å². The predicted octanol–water partition coefficient (Wildman–Crippen LogP) is 3.39. The van der Waals surface area contributed by atoms with Gasteiger partial charge in [0, 0.05) is 18.0 Å². The first-order chi connectivity index (χ1) is 12.8. The van der Waals surface area contributed by atoms with E-state index in [0.29, 0.717) is 37.4 Å². The van der Waals surface area contributed by atoms with Gasteiger partial charge in [-0.25, -0.2) is 4.79 Å². The van der Waals surface area contributed by atoms with Crippen LogP contribution in [0.2, 0.25) is 0 Å². The van der Waals surface area contributed by atoms with Crippen molar-refractivity contribution in [3.63, 3.8) is 0 Å². The smallest absolute Gasteiger partial charge is 0.437 e. The van der Waals surface area contributed by atoms with E-state index < -0.39 is 23.4 Å². The Hall–Kier alpha value is -2.36. The Morgan fingerprint density at radius 2 is 2.11 bits per heavy atom. The van der Waals surface area contributed by atoms with Crippen LogP contribution in [0.4, 0.5) is 18.2 Å². The maximum atomic E-state index is 12.9. The monoisotopic (exact) mass is 402 g/mol. The number of piperidine rings is 1. The molecule has 10 heteroatoms. The summed E-state index contributed by atoms with van der Waals surface area (Å²) >= 11 is 1.26. The number of carbonyl (C=O) groups excluding carboxylic acids is 2. The third kappa shape index (κ3) is 4.32. The molecule has 1 saturated heterocycles. The molecule has 2 aliphatic heterocycles. The minimum atomic E-state index is -4.76. The number of ether oxygens (including phenoxy) is 1. The summed E-state index contributed by atoms with van der Waals surface area (Å²) in [6.07, 6.45) is -2.30. The van der Waals surface area contributed by atoms with Crippen molar-refractivity contribution < 1.29 is 32.3 Å². The van der Waals surface area contributed by atoms with Crippen molar-refractivity contribution in [2.45, 2.75) is 25.9 Å². The molecule has 0 spiro atoms. The van der Waals surface area contributed by atoms with Gasteiger partial charge < -0.3 is 14.5 Å². The highest BCUT2D eigenvalue weighted by molar-refractivity contribution is 7.17. The summed E-state index contributed by atoms with van der Waals surface area (Å²) in [5, 5.41) is 3.69. The lowest BCUT2D eigenvalue weighted by Gasteiger charge is -2.31. The van der Waals surface area contributed by atoms with E-state index in [1.807, 2.05) is 0 Å². The molecule has 0 aliphatic carbocycles. The van der Waals surface area contributed by atoms with Gasteiger partial charge in [0.2, 0.25) is 0 Å². The molecule has 3 rings (SSSR count). The fourth-order valence-corrected chi connectivity index (χ4v) is 3.94. The van der Waals surface area contributed by atoms with E-state index in [0.717, 1.165) is 11.1 Å². The van der Waals surface area contributed by atoms with Crippen molar-refractivity contribution in [2.75, 3.05) is 24.6 Å². The topological polar surface area (TPSA) is 68.2 Å². The molecule has 0 atom stereocenters. The van der Waals surface area contributed by atoms with Crippen LogP contribution in [0.25, 0.3) is 6.08 Å². The number of anilines is 1. The Bertz CT molecular complexity index is 792. The summed E-state index contributed by atoms with van der Waals surface area (Å²) in [6, 6.07) is 3.43. The Morgan fingerprint density at radius 3 is 2.74 bits per heavy atom. The summed E-state index contributed by atoms with van der Waals surface area (Å²) in [6.45, 7) is 3.42. The molecule has 6 nitrogen and oxygen atoms in total. The Labute approximate surface area is 157 Å². The van der Waals surface area contributed by atoms with Crippen LogP contribution in [-0.4, -0.2) is 43.5 Å². The second-order valence-corrected chi connectivity index (χ2v) is 7.16. The van der Waals surface area contributed by atoms with Gasteiger partial charge in [-0.05, 0) is 38.0 Å². The van der Waals surface area contributed by atoms with E-state index in [9.17, 15) is 22.8 Å². The van der Waals surface area contributed by atoms with Crippen LogP contribution >= 0.6 is 11.3 Å². The van der Waals surface area contributed by atoms with Gasteiger partial charge in [-0.2, -0.15) is 13.2 Å². The van der Waals surface area contributed by atoms with Crippen LogP contribution in [0.5, 0.6) is 0 Å². The van der Waals surface area contributed by atoms with E-state index in [1.165, 1.54) is 11.3 Å². The molecule has 0 aromatic carbocycles. The molecule has 0 bridgehead atoms. The third-order valence-electron chi connectivity index (χ3n) is 4.29. The molecule has 0 saturated carbocycles. The normalized spacial score (nSPS) is 20.0. The van der Waals surface area contributed by atoms with Crippen LogP contribution < -0.4 is 4.90 Å². The number of carbonyl (C=O) groups is 2. The SMILES string of the molecule is CCOC(=O)C1CCN(c2ccc(C=C3C(=O)ON=C3C(F)(F)F)s2)CC1. The lowest BCUT2D eigenvalue weighted by atomic mass is 9.97. The minimum absolute atomic E-state index is 0.124.